The maximum absolute atomic E-state index is 12.4. The Morgan fingerprint density at radius 2 is 1.96 bits per heavy atom. The van der Waals surface area contributed by atoms with E-state index in [1.165, 1.54) is 19.2 Å². The summed E-state index contributed by atoms with van der Waals surface area (Å²) in [5, 5.41) is 0.186. The molecule has 0 N–H and O–H groups in total. The molecule has 1 aliphatic rings. The SMILES string of the molecule is COC(=O)c1ccc(CN2C(=O)SC(=Cc3ccc(Cl)cc3)C2=O)o1. The Bertz CT molecular complexity index is 871. The van der Waals surface area contributed by atoms with Gasteiger partial charge in [-0.3, -0.25) is 14.5 Å². The second-order valence-corrected chi connectivity index (χ2v) is 6.51. The van der Waals surface area contributed by atoms with E-state index in [2.05, 4.69) is 4.74 Å². The van der Waals surface area contributed by atoms with Gasteiger partial charge >= 0.3 is 5.97 Å². The number of hydrogen-bond acceptors (Lipinski definition) is 6. The molecule has 1 aromatic heterocycles. The van der Waals surface area contributed by atoms with Crippen molar-refractivity contribution >= 4 is 46.6 Å². The summed E-state index contributed by atoms with van der Waals surface area (Å²) in [5.74, 6) is -0.708. The third kappa shape index (κ3) is 3.78. The highest BCUT2D eigenvalue weighted by Crippen LogP contribution is 2.33. The van der Waals surface area contributed by atoms with Gasteiger partial charge in [0, 0.05) is 5.02 Å². The number of carbonyl (C=O) groups excluding carboxylic acids is 3. The summed E-state index contributed by atoms with van der Waals surface area (Å²) in [6, 6.07) is 9.88. The van der Waals surface area contributed by atoms with E-state index in [0.29, 0.717) is 15.7 Å². The lowest BCUT2D eigenvalue weighted by Gasteiger charge is -2.09. The van der Waals surface area contributed by atoms with Crippen molar-refractivity contribution < 1.29 is 23.5 Å². The Balaban J connectivity index is 1.76. The van der Waals surface area contributed by atoms with Crippen molar-refractivity contribution in [3.05, 3.63) is 63.4 Å². The zero-order valence-corrected chi connectivity index (χ0v) is 14.6. The van der Waals surface area contributed by atoms with Crippen LogP contribution in [-0.4, -0.2) is 29.1 Å². The number of benzene rings is 1. The van der Waals surface area contributed by atoms with Crippen LogP contribution in [0.25, 0.3) is 6.08 Å². The average molecular weight is 378 g/mol. The number of amides is 2. The summed E-state index contributed by atoms with van der Waals surface area (Å²) in [7, 11) is 1.24. The molecular weight excluding hydrogens is 366 g/mol. The molecule has 0 unspecified atom stereocenters. The number of furan rings is 1. The molecule has 0 radical (unpaired) electrons. The van der Waals surface area contributed by atoms with Gasteiger partial charge in [-0.2, -0.15) is 0 Å². The molecule has 25 heavy (non-hydrogen) atoms. The molecule has 0 bridgehead atoms. The molecule has 0 spiro atoms. The average Bonchev–Trinajstić information content (AvgIpc) is 3.17. The van der Waals surface area contributed by atoms with Crippen molar-refractivity contribution in [3.63, 3.8) is 0 Å². The van der Waals surface area contributed by atoms with Crippen molar-refractivity contribution in [3.8, 4) is 0 Å². The van der Waals surface area contributed by atoms with Crippen LogP contribution in [0.15, 0.2) is 45.7 Å². The molecule has 2 aromatic rings. The first-order valence-electron chi connectivity index (χ1n) is 7.16. The molecule has 1 aliphatic heterocycles. The number of esters is 1. The van der Waals surface area contributed by atoms with Crippen LogP contribution in [0.3, 0.4) is 0 Å². The number of ether oxygens (including phenoxy) is 1. The van der Waals surface area contributed by atoms with Crippen molar-refractivity contribution in [2.45, 2.75) is 6.54 Å². The van der Waals surface area contributed by atoms with Crippen LogP contribution in [0.2, 0.25) is 5.02 Å². The minimum Gasteiger partial charge on any atom is -0.463 e. The fourth-order valence-electron chi connectivity index (χ4n) is 2.18. The van der Waals surface area contributed by atoms with E-state index in [-0.39, 0.29) is 12.3 Å². The number of methoxy groups -OCH3 is 1. The summed E-state index contributed by atoms with van der Waals surface area (Å²) < 4.78 is 9.85. The predicted octanol–water partition coefficient (Wildman–Crippen LogP) is 3.96. The zero-order valence-electron chi connectivity index (χ0n) is 13.0. The van der Waals surface area contributed by atoms with Gasteiger partial charge in [-0.25, -0.2) is 4.79 Å². The molecule has 0 saturated carbocycles. The van der Waals surface area contributed by atoms with Gasteiger partial charge in [-0.15, -0.1) is 0 Å². The fourth-order valence-corrected chi connectivity index (χ4v) is 3.14. The maximum Gasteiger partial charge on any atom is 0.373 e. The Hall–Kier alpha value is -2.51. The zero-order chi connectivity index (χ0) is 18.0. The quantitative estimate of drug-likeness (QED) is 0.593. The van der Waals surface area contributed by atoms with Crippen LogP contribution >= 0.6 is 23.4 Å². The Kier molecular flexibility index (Phi) is 4.96. The number of hydrogen-bond donors (Lipinski definition) is 0. The van der Waals surface area contributed by atoms with Gasteiger partial charge in [0.25, 0.3) is 11.1 Å². The lowest BCUT2D eigenvalue weighted by Crippen LogP contribution is -2.27. The number of carbonyl (C=O) groups is 3. The van der Waals surface area contributed by atoms with E-state index in [1.807, 2.05) is 0 Å². The van der Waals surface area contributed by atoms with Gasteiger partial charge in [0.15, 0.2) is 0 Å². The largest absolute Gasteiger partial charge is 0.463 e. The van der Waals surface area contributed by atoms with Crippen LogP contribution in [-0.2, 0) is 16.1 Å². The standard InChI is InChI=1S/C17H12ClNO5S/c1-23-16(21)13-7-6-12(24-13)9-19-15(20)14(25-17(19)22)8-10-2-4-11(18)5-3-10/h2-8H,9H2,1H3. The van der Waals surface area contributed by atoms with Crippen LogP contribution in [0.1, 0.15) is 21.9 Å². The van der Waals surface area contributed by atoms with Crippen molar-refractivity contribution in [2.24, 2.45) is 0 Å². The van der Waals surface area contributed by atoms with Gasteiger partial charge < -0.3 is 9.15 Å². The molecule has 128 valence electrons. The summed E-state index contributed by atoms with van der Waals surface area (Å²) in [5.41, 5.74) is 0.765. The number of thioether (sulfide) groups is 1. The number of nitrogens with zero attached hydrogens (tertiary/aromatic N) is 1. The first-order valence-corrected chi connectivity index (χ1v) is 8.35. The van der Waals surface area contributed by atoms with E-state index >= 15 is 0 Å². The number of imide groups is 1. The predicted molar refractivity (Wildman–Crippen MR) is 93.0 cm³/mol. The topological polar surface area (TPSA) is 76.8 Å². The van der Waals surface area contributed by atoms with Crippen molar-refractivity contribution in [2.75, 3.05) is 7.11 Å². The molecule has 3 rings (SSSR count). The minimum atomic E-state index is -0.622. The smallest absolute Gasteiger partial charge is 0.373 e. The van der Waals surface area contributed by atoms with E-state index in [9.17, 15) is 14.4 Å². The second-order valence-electron chi connectivity index (χ2n) is 5.08. The third-order valence-corrected chi connectivity index (χ3v) is 4.56. The molecule has 0 atom stereocenters. The van der Waals surface area contributed by atoms with E-state index < -0.39 is 17.1 Å². The van der Waals surface area contributed by atoms with Gasteiger partial charge in [-0.05, 0) is 47.7 Å². The molecule has 8 heteroatoms. The molecule has 2 heterocycles. The first-order chi connectivity index (χ1) is 12.0. The Labute approximate surface area is 152 Å². The first kappa shape index (κ1) is 17.3. The van der Waals surface area contributed by atoms with Crippen molar-refractivity contribution in [1.29, 1.82) is 0 Å². The van der Waals surface area contributed by atoms with E-state index in [0.717, 1.165) is 22.2 Å². The lowest BCUT2D eigenvalue weighted by molar-refractivity contribution is -0.123. The maximum atomic E-state index is 12.4. The normalized spacial score (nSPS) is 15.9. The Morgan fingerprint density at radius 1 is 1.24 bits per heavy atom. The van der Waals surface area contributed by atoms with Gasteiger partial charge in [0.1, 0.15) is 5.76 Å². The fraction of sp³-hybridized carbons (Fsp3) is 0.118. The Morgan fingerprint density at radius 3 is 2.64 bits per heavy atom. The minimum absolute atomic E-state index is 0.0150. The highest BCUT2D eigenvalue weighted by molar-refractivity contribution is 8.18. The number of halogens is 1. The molecule has 1 saturated heterocycles. The van der Waals surface area contributed by atoms with Crippen LogP contribution < -0.4 is 0 Å². The molecule has 1 fully saturated rings. The lowest BCUT2D eigenvalue weighted by atomic mass is 10.2. The summed E-state index contributed by atoms with van der Waals surface area (Å²) in [6.07, 6.45) is 1.63. The van der Waals surface area contributed by atoms with Crippen LogP contribution in [0.5, 0.6) is 0 Å². The highest BCUT2D eigenvalue weighted by atomic mass is 35.5. The molecular formula is C17H12ClNO5S. The second kappa shape index (κ2) is 7.16. The van der Waals surface area contributed by atoms with Crippen LogP contribution in [0.4, 0.5) is 4.79 Å². The van der Waals surface area contributed by atoms with E-state index in [4.69, 9.17) is 16.0 Å². The van der Waals surface area contributed by atoms with E-state index in [1.54, 1.807) is 30.3 Å². The molecule has 1 aromatic carbocycles. The highest BCUT2D eigenvalue weighted by Gasteiger charge is 2.35. The molecule has 0 aliphatic carbocycles. The van der Waals surface area contributed by atoms with Gasteiger partial charge in [0.2, 0.25) is 5.76 Å². The molecule has 6 nitrogen and oxygen atoms in total. The van der Waals surface area contributed by atoms with Gasteiger partial charge in [-0.1, -0.05) is 23.7 Å². The summed E-state index contributed by atoms with van der Waals surface area (Å²) >= 11 is 6.68. The summed E-state index contributed by atoms with van der Waals surface area (Å²) in [4.78, 5) is 37.3. The van der Waals surface area contributed by atoms with Crippen molar-refractivity contribution in [1.82, 2.24) is 4.90 Å². The van der Waals surface area contributed by atoms with Crippen LogP contribution in [0, 0.1) is 0 Å². The third-order valence-electron chi connectivity index (χ3n) is 3.40. The van der Waals surface area contributed by atoms with Gasteiger partial charge in [0.05, 0.1) is 18.6 Å². The monoisotopic (exact) mass is 377 g/mol. The summed E-state index contributed by atoms with van der Waals surface area (Å²) in [6.45, 7) is -0.0559. The number of rotatable bonds is 4. The molecule has 2 amide bonds.